The van der Waals surface area contributed by atoms with Gasteiger partial charge in [0.15, 0.2) is 12.4 Å². The standard InChI is InChI=1S/C16H15ClO2/c1-11-6-12(2)8-15(7-11)19-10-16(18)13-4-3-5-14(17)9-13/h3-9H,10H2,1-2H3. The van der Waals surface area contributed by atoms with Crippen molar-refractivity contribution in [1.29, 1.82) is 0 Å². The molecule has 2 nitrogen and oxygen atoms in total. The maximum Gasteiger partial charge on any atom is 0.200 e. The fourth-order valence-corrected chi connectivity index (χ4v) is 2.10. The monoisotopic (exact) mass is 274 g/mol. The molecule has 2 rings (SSSR count). The zero-order valence-corrected chi connectivity index (χ0v) is 11.7. The van der Waals surface area contributed by atoms with Crippen LogP contribution in [0.2, 0.25) is 5.02 Å². The highest BCUT2D eigenvalue weighted by atomic mass is 35.5. The molecule has 0 spiro atoms. The Labute approximate surface area is 118 Å². The lowest BCUT2D eigenvalue weighted by Gasteiger charge is -2.08. The van der Waals surface area contributed by atoms with Crippen LogP contribution in [0.25, 0.3) is 0 Å². The third-order valence-corrected chi connectivity index (χ3v) is 2.95. The van der Waals surface area contributed by atoms with Crippen molar-refractivity contribution in [3.8, 4) is 5.75 Å². The Hall–Kier alpha value is -1.80. The van der Waals surface area contributed by atoms with E-state index < -0.39 is 0 Å². The van der Waals surface area contributed by atoms with Crippen LogP contribution in [0.4, 0.5) is 0 Å². The molecule has 0 N–H and O–H groups in total. The van der Waals surface area contributed by atoms with Crippen LogP contribution in [0.1, 0.15) is 21.5 Å². The summed E-state index contributed by atoms with van der Waals surface area (Å²) in [7, 11) is 0. The van der Waals surface area contributed by atoms with Crippen LogP contribution in [0.15, 0.2) is 42.5 Å². The molecular formula is C16H15ClO2. The second kappa shape index (κ2) is 5.89. The molecule has 2 aromatic rings. The molecule has 0 aliphatic heterocycles. The molecule has 0 unspecified atom stereocenters. The summed E-state index contributed by atoms with van der Waals surface area (Å²) < 4.78 is 5.53. The highest BCUT2D eigenvalue weighted by Gasteiger charge is 2.07. The van der Waals surface area contributed by atoms with E-state index >= 15 is 0 Å². The summed E-state index contributed by atoms with van der Waals surface area (Å²) in [5.41, 5.74) is 2.80. The first-order valence-electron chi connectivity index (χ1n) is 6.04. The van der Waals surface area contributed by atoms with Crippen molar-refractivity contribution in [3.05, 3.63) is 64.2 Å². The highest BCUT2D eigenvalue weighted by Crippen LogP contribution is 2.17. The average molecular weight is 275 g/mol. The van der Waals surface area contributed by atoms with E-state index in [0.29, 0.717) is 16.3 Å². The van der Waals surface area contributed by atoms with Gasteiger partial charge in [-0.3, -0.25) is 4.79 Å². The predicted molar refractivity (Wildman–Crippen MR) is 77.2 cm³/mol. The van der Waals surface area contributed by atoms with Gasteiger partial charge in [-0.1, -0.05) is 29.8 Å². The lowest BCUT2D eigenvalue weighted by atomic mass is 10.1. The number of hydrogen-bond acceptors (Lipinski definition) is 2. The normalized spacial score (nSPS) is 10.3. The SMILES string of the molecule is Cc1cc(C)cc(OCC(=O)c2cccc(Cl)c2)c1. The first-order valence-corrected chi connectivity index (χ1v) is 6.42. The van der Waals surface area contributed by atoms with E-state index in [9.17, 15) is 4.79 Å². The Morgan fingerprint density at radius 2 is 1.79 bits per heavy atom. The summed E-state index contributed by atoms with van der Waals surface area (Å²) in [6.07, 6.45) is 0. The van der Waals surface area contributed by atoms with Crippen molar-refractivity contribution in [1.82, 2.24) is 0 Å². The number of hydrogen-bond donors (Lipinski definition) is 0. The van der Waals surface area contributed by atoms with Crippen molar-refractivity contribution in [3.63, 3.8) is 0 Å². The molecule has 0 fully saturated rings. The van der Waals surface area contributed by atoms with Crippen LogP contribution >= 0.6 is 11.6 Å². The van der Waals surface area contributed by atoms with Gasteiger partial charge in [0.2, 0.25) is 0 Å². The Kier molecular flexibility index (Phi) is 4.23. The lowest BCUT2D eigenvalue weighted by Crippen LogP contribution is -2.11. The zero-order chi connectivity index (χ0) is 13.8. The van der Waals surface area contributed by atoms with Crippen LogP contribution in [-0.4, -0.2) is 12.4 Å². The van der Waals surface area contributed by atoms with Crippen LogP contribution < -0.4 is 4.74 Å². The van der Waals surface area contributed by atoms with Crippen molar-refractivity contribution in [2.75, 3.05) is 6.61 Å². The fraction of sp³-hybridized carbons (Fsp3) is 0.188. The van der Waals surface area contributed by atoms with E-state index in [-0.39, 0.29) is 12.4 Å². The molecule has 0 saturated carbocycles. The van der Waals surface area contributed by atoms with Gasteiger partial charge in [-0.2, -0.15) is 0 Å². The number of halogens is 1. The topological polar surface area (TPSA) is 26.3 Å². The van der Waals surface area contributed by atoms with Crippen molar-refractivity contribution in [2.24, 2.45) is 0 Å². The molecule has 0 aliphatic rings. The van der Waals surface area contributed by atoms with Gasteiger partial charge < -0.3 is 4.74 Å². The third kappa shape index (κ3) is 3.83. The molecule has 0 aromatic heterocycles. The van der Waals surface area contributed by atoms with Crippen LogP contribution in [0, 0.1) is 13.8 Å². The number of Topliss-reactive ketones (excluding diaryl/α,β-unsaturated/α-hetero) is 1. The summed E-state index contributed by atoms with van der Waals surface area (Å²) in [5, 5.41) is 0.553. The van der Waals surface area contributed by atoms with Gasteiger partial charge in [-0.15, -0.1) is 0 Å². The number of ether oxygens (including phenoxy) is 1. The van der Waals surface area contributed by atoms with Crippen LogP contribution in [-0.2, 0) is 0 Å². The fourth-order valence-electron chi connectivity index (χ4n) is 1.91. The number of rotatable bonds is 4. The zero-order valence-electron chi connectivity index (χ0n) is 10.9. The summed E-state index contributed by atoms with van der Waals surface area (Å²) in [4.78, 5) is 12.0. The van der Waals surface area contributed by atoms with Crippen LogP contribution in [0.3, 0.4) is 0 Å². The molecule has 19 heavy (non-hydrogen) atoms. The quantitative estimate of drug-likeness (QED) is 0.781. The molecule has 0 saturated heterocycles. The molecule has 0 bridgehead atoms. The minimum atomic E-state index is -0.0818. The maximum absolute atomic E-state index is 12.0. The number of aryl methyl sites for hydroxylation is 2. The number of ketones is 1. The molecule has 3 heteroatoms. The van der Waals surface area contributed by atoms with Crippen molar-refractivity contribution in [2.45, 2.75) is 13.8 Å². The van der Waals surface area contributed by atoms with E-state index in [0.717, 1.165) is 11.1 Å². The second-order valence-electron chi connectivity index (χ2n) is 4.55. The van der Waals surface area contributed by atoms with Gasteiger partial charge in [0, 0.05) is 10.6 Å². The summed E-state index contributed by atoms with van der Waals surface area (Å²) >= 11 is 5.85. The maximum atomic E-state index is 12.0. The third-order valence-electron chi connectivity index (χ3n) is 2.71. The minimum Gasteiger partial charge on any atom is -0.485 e. The first kappa shape index (κ1) is 13.6. The number of benzene rings is 2. The van der Waals surface area contributed by atoms with E-state index in [4.69, 9.17) is 16.3 Å². The van der Waals surface area contributed by atoms with E-state index in [1.807, 2.05) is 26.0 Å². The minimum absolute atomic E-state index is 0.0171. The molecule has 0 aliphatic carbocycles. The van der Waals surface area contributed by atoms with E-state index in [1.54, 1.807) is 24.3 Å². The Morgan fingerprint density at radius 3 is 2.42 bits per heavy atom. The van der Waals surface area contributed by atoms with Crippen molar-refractivity contribution >= 4 is 17.4 Å². The average Bonchev–Trinajstić information content (AvgIpc) is 2.35. The Morgan fingerprint density at radius 1 is 1.11 bits per heavy atom. The molecule has 98 valence electrons. The molecule has 2 aromatic carbocycles. The highest BCUT2D eigenvalue weighted by molar-refractivity contribution is 6.31. The number of carbonyl (C=O) groups excluding carboxylic acids is 1. The van der Waals surface area contributed by atoms with Gasteiger partial charge >= 0.3 is 0 Å². The van der Waals surface area contributed by atoms with E-state index in [2.05, 4.69) is 6.07 Å². The molecule has 0 radical (unpaired) electrons. The second-order valence-corrected chi connectivity index (χ2v) is 4.98. The lowest BCUT2D eigenvalue weighted by molar-refractivity contribution is 0.0921. The van der Waals surface area contributed by atoms with Crippen molar-refractivity contribution < 1.29 is 9.53 Å². The van der Waals surface area contributed by atoms with E-state index in [1.165, 1.54) is 0 Å². The summed E-state index contributed by atoms with van der Waals surface area (Å²) in [5.74, 6) is 0.634. The van der Waals surface area contributed by atoms with Gasteiger partial charge in [-0.25, -0.2) is 0 Å². The smallest absolute Gasteiger partial charge is 0.200 e. The Balaban J connectivity index is 2.04. The molecule has 0 atom stereocenters. The molecular weight excluding hydrogens is 260 g/mol. The van der Waals surface area contributed by atoms with Crippen LogP contribution in [0.5, 0.6) is 5.75 Å². The first-order chi connectivity index (χ1) is 9.04. The summed E-state index contributed by atoms with van der Waals surface area (Å²) in [6.45, 7) is 4.01. The summed E-state index contributed by atoms with van der Waals surface area (Å²) in [6, 6.07) is 12.8. The van der Waals surface area contributed by atoms with Gasteiger partial charge in [0.05, 0.1) is 0 Å². The Bertz CT molecular complexity index is 585. The molecule has 0 amide bonds. The number of carbonyl (C=O) groups is 1. The van der Waals surface area contributed by atoms with Gasteiger partial charge in [0.25, 0.3) is 0 Å². The largest absolute Gasteiger partial charge is 0.485 e. The predicted octanol–water partition coefficient (Wildman–Crippen LogP) is 4.22. The van der Waals surface area contributed by atoms with Gasteiger partial charge in [0.1, 0.15) is 5.75 Å². The van der Waals surface area contributed by atoms with Gasteiger partial charge in [-0.05, 0) is 49.2 Å². The molecule has 0 heterocycles.